The van der Waals surface area contributed by atoms with E-state index in [1.807, 2.05) is 0 Å². The zero-order valence-electron chi connectivity index (χ0n) is 9.07. The average Bonchev–Trinajstić information content (AvgIpc) is 2.94. The van der Waals surface area contributed by atoms with Crippen LogP contribution in [0, 0.1) is 0 Å². The Morgan fingerprint density at radius 3 is 3.11 bits per heavy atom. The van der Waals surface area contributed by atoms with Gasteiger partial charge in [-0.05, 0) is 0 Å². The molecule has 2 aromatic rings. The summed E-state index contributed by atoms with van der Waals surface area (Å²) in [6, 6.07) is 0. The second kappa shape index (κ2) is 5.49. The molecule has 10 heteroatoms. The number of carbonyl (C=O) groups is 1. The summed E-state index contributed by atoms with van der Waals surface area (Å²) < 4.78 is 6.13. The number of nitrogens with zero attached hydrogens (tertiary/aromatic N) is 4. The number of aryl methyl sites for hydroxylation is 1. The highest BCUT2D eigenvalue weighted by molar-refractivity contribution is 7.99. The van der Waals surface area contributed by atoms with Crippen LogP contribution in [-0.4, -0.2) is 41.7 Å². The Kier molecular flexibility index (Phi) is 3.77. The summed E-state index contributed by atoms with van der Waals surface area (Å²) in [6.07, 6.45) is 1.65. The quantitative estimate of drug-likeness (QED) is 0.665. The van der Waals surface area contributed by atoms with Crippen LogP contribution in [0.4, 0.5) is 0 Å². The number of thioether (sulfide) groups is 1. The van der Waals surface area contributed by atoms with Crippen molar-refractivity contribution in [3.8, 4) is 0 Å². The third-order valence-corrected chi connectivity index (χ3v) is 2.97. The normalized spacial score (nSPS) is 10.7. The van der Waals surface area contributed by atoms with Gasteiger partial charge in [0.15, 0.2) is 11.5 Å². The SMILES string of the molecule is O=C(O)CSc1n[nH]c(=O)n1CCc1ncno1. The highest BCUT2D eigenvalue weighted by atomic mass is 32.2. The van der Waals surface area contributed by atoms with Gasteiger partial charge in [0.2, 0.25) is 5.89 Å². The van der Waals surface area contributed by atoms with Crippen LogP contribution in [0.3, 0.4) is 0 Å². The molecule has 0 bridgehead atoms. The van der Waals surface area contributed by atoms with Gasteiger partial charge < -0.3 is 9.63 Å². The standard InChI is InChI=1S/C8H9N5O4S/c14-6(15)3-18-8-12-11-7(16)13(8)2-1-5-9-4-10-17-5/h4H,1-3H2,(H,11,16)(H,14,15). The van der Waals surface area contributed by atoms with Crippen LogP contribution < -0.4 is 5.69 Å². The lowest BCUT2D eigenvalue weighted by Gasteiger charge is -2.01. The zero-order chi connectivity index (χ0) is 13.0. The summed E-state index contributed by atoms with van der Waals surface area (Å²) in [5.41, 5.74) is -0.401. The summed E-state index contributed by atoms with van der Waals surface area (Å²) in [5, 5.41) is 18.4. The predicted molar refractivity (Wildman–Crippen MR) is 59.2 cm³/mol. The van der Waals surface area contributed by atoms with Crippen molar-refractivity contribution in [1.29, 1.82) is 0 Å². The topological polar surface area (TPSA) is 127 Å². The third kappa shape index (κ3) is 2.97. The minimum atomic E-state index is -0.973. The molecule has 0 aliphatic carbocycles. The van der Waals surface area contributed by atoms with Gasteiger partial charge >= 0.3 is 11.7 Å². The van der Waals surface area contributed by atoms with Crippen LogP contribution in [0.2, 0.25) is 0 Å². The van der Waals surface area contributed by atoms with Crippen LogP contribution in [0.25, 0.3) is 0 Å². The first kappa shape index (κ1) is 12.4. The lowest BCUT2D eigenvalue weighted by Crippen LogP contribution is -2.19. The van der Waals surface area contributed by atoms with E-state index in [2.05, 4.69) is 20.3 Å². The molecule has 0 aliphatic rings. The van der Waals surface area contributed by atoms with E-state index in [0.717, 1.165) is 11.8 Å². The molecule has 2 N–H and O–H groups in total. The van der Waals surface area contributed by atoms with Crippen LogP contribution >= 0.6 is 11.8 Å². The van der Waals surface area contributed by atoms with Crippen molar-refractivity contribution in [2.75, 3.05) is 5.75 Å². The fraction of sp³-hybridized carbons (Fsp3) is 0.375. The molecule has 0 aliphatic heterocycles. The molecule has 0 fully saturated rings. The van der Waals surface area contributed by atoms with E-state index < -0.39 is 11.7 Å². The van der Waals surface area contributed by atoms with Crippen molar-refractivity contribution < 1.29 is 14.4 Å². The molecule has 9 nitrogen and oxygen atoms in total. The Morgan fingerprint density at radius 2 is 2.44 bits per heavy atom. The monoisotopic (exact) mass is 271 g/mol. The average molecular weight is 271 g/mol. The molecule has 2 rings (SSSR count). The van der Waals surface area contributed by atoms with E-state index in [-0.39, 0.29) is 5.75 Å². The smallest absolute Gasteiger partial charge is 0.343 e. The highest BCUT2D eigenvalue weighted by Gasteiger charge is 2.11. The Morgan fingerprint density at radius 1 is 1.61 bits per heavy atom. The fourth-order valence-electron chi connectivity index (χ4n) is 1.25. The van der Waals surface area contributed by atoms with E-state index in [4.69, 9.17) is 9.63 Å². The number of hydrogen-bond acceptors (Lipinski definition) is 7. The number of hydrogen-bond donors (Lipinski definition) is 2. The molecule has 2 heterocycles. The zero-order valence-corrected chi connectivity index (χ0v) is 9.88. The first-order valence-corrected chi connectivity index (χ1v) is 5.90. The summed E-state index contributed by atoms with van der Waals surface area (Å²) in [5.74, 6) is -0.735. The minimum Gasteiger partial charge on any atom is -0.481 e. The molecule has 18 heavy (non-hydrogen) atoms. The van der Waals surface area contributed by atoms with Crippen molar-refractivity contribution in [2.45, 2.75) is 18.1 Å². The van der Waals surface area contributed by atoms with Gasteiger partial charge in [-0.25, -0.2) is 9.89 Å². The molecule has 0 amide bonds. The molecule has 96 valence electrons. The molecule has 0 spiro atoms. The summed E-state index contributed by atoms with van der Waals surface area (Å²) in [7, 11) is 0. The van der Waals surface area contributed by atoms with Gasteiger partial charge in [0.1, 0.15) is 0 Å². The van der Waals surface area contributed by atoms with Gasteiger partial charge in [0, 0.05) is 13.0 Å². The molecule has 0 atom stereocenters. The van der Waals surface area contributed by atoms with E-state index in [1.54, 1.807) is 0 Å². The van der Waals surface area contributed by atoms with Crippen molar-refractivity contribution in [3.05, 3.63) is 22.7 Å². The molecule has 0 saturated carbocycles. The van der Waals surface area contributed by atoms with E-state index in [0.29, 0.717) is 24.0 Å². The van der Waals surface area contributed by atoms with Gasteiger partial charge in [-0.2, -0.15) is 4.98 Å². The van der Waals surface area contributed by atoms with Crippen LogP contribution in [0.1, 0.15) is 5.89 Å². The Hall–Kier alpha value is -2.10. The Bertz CT molecular complexity index is 575. The Balaban J connectivity index is 2.04. The van der Waals surface area contributed by atoms with E-state index in [9.17, 15) is 9.59 Å². The molecule has 0 saturated heterocycles. The van der Waals surface area contributed by atoms with Crippen molar-refractivity contribution in [1.82, 2.24) is 24.9 Å². The number of rotatable bonds is 6. The molecule has 0 aromatic carbocycles. The van der Waals surface area contributed by atoms with Gasteiger partial charge in [0.25, 0.3) is 0 Å². The number of aromatic nitrogens is 5. The Labute approximate surface area is 104 Å². The lowest BCUT2D eigenvalue weighted by molar-refractivity contribution is -0.133. The molecule has 0 radical (unpaired) electrons. The molecule has 0 unspecified atom stereocenters. The number of carboxylic acids is 1. The number of H-pyrrole nitrogens is 1. The van der Waals surface area contributed by atoms with Crippen LogP contribution in [0.15, 0.2) is 20.8 Å². The molecular formula is C8H9N5O4S. The minimum absolute atomic E-state index is 0.162. The maximum Gasteiger partial charge on any atom is 0.343 e. The van der Waals surface area contributed by atoms with Crippen LogP contribution in [-0.2, 0) is 17.8 Å². The number of aliphatic carboxylic acids is 1. The third-order valence-electron chi connectivity index (χ3n) is 2.00. The van der Waals surface area contributed by atoms with Gasteiger partial charge in [-0.3, -0.25) is 9.36 Å². The highest BCUT2D eigenvalue weighted by Crippen LogP contribution is 2.12. The number of nitrogens with one attached hydrogen (secondary N) is 1. The second-order valence-electron chi connectivity index (χ2n) is 3.23. The largest absolute Gasteiger partial charge is 0.481 e. The predicted octanol–water partition coefficient (Wildman–Crippen LogP) is -0.626. The van der Waals surface area contributed by atoms with E-state index in [1.165, 1.54) is 10.9 Å². The summed E-state index contributed by atoms with van der Waals surface area (Å²) >= 11 is 0.968. The maximum absolute atomic E-state index is 11.5. The van der Waals surface area contributed by atoms with Gasteiger partial charge in [-0.15, -0.1) is 5.10 Å². The summed E-state index contributed by atoms with van der Waals surface area (Å²) in [4.78, 5) is 25.7. The number of carboxylic acid groups (broad SMARTS) is 1. The maximum atomic E-state index is 11.5. The second-order valence-corrected chi connectivity index (χ2v) is 4.17. The van der Waals surface area contributed by atoms with Crippen molar-refractivity contribution in [3.63, 3.8) is 0 Å². The van der Waals surface area contributed by atoms with Crippen molar-refractivity contribution in [2.24, 2.45) is 0 Å². The molecular weight excluding hydrogens is 262 g/mol. The van der Waals surface area contributed by atoms with Gasteiger partial charge in [-0.1, -0.05) is 16.9 Å². The first-order chi connectivity index (χ1) is 8.66. The van der Waals surface area contributed by atoms with E-state index >= 15 is 0 Å². The van der Waals surface area contributed by atoms with Crippen molar-refractivity contribution >= 4 is 17.7 Å². The van der Waals surface area contributed by atoms with Crippen LogP contribution in [0.5, 0.6) is 0 Å². The lowest BCUT2D eigenvalue weighted by atomic mass is 10.4. The van der Waals surface area contributed by atoms with Gasteiger partial charge in [0.05, 0.1) is 5.75 Å². The molecule has 2 aromatic heterocycles. The first-order valence-electron chi connectivity index (χ1n) is 4.92. The number of aromatic amines is 1. The fourth-order valence-corrected chi connectivity index (χ4v) is 1.94. The summed E-state index contributed by atoms with van der Waals surface area (Å²) in [6.45, 7) is 0.291.